The van der Waals surface area contributed by atoms with Gasteiger partial charge in [0, 0.05) is 0 Å². The lowest BCUT2D eigenvalue weighted by Crippen LogP contribution is -2.15. The second-order valence-corrected chi connectivity index (χ2v) is 19.5. The van der Waals surface area contributed by atoms with Gasteiger partial charge in [0.15, 0.2) is 0 Å². The quantitative estimate of drug-likeness (QED) is 0.0186. The third-order valence-electron chi connectivity index (χ3n) is 11.4. The van der Waals surface area contributed by atoms with Gasteiger partial charge in [-0.05, 0) is 107 Å². The number of phosphoric acid groups is 1. The molecule has 0 N–H and O–H groups in total. The van der Waals surface area contributed by atoms with Crippen molar-refractivity contribution in [2.45, 2.75) is 151 Å². The van der Waals surface area contributed by atoms with Gasteiger partial charge in [0.1, 0.15) is 17.2 Å². The summed E-state index contributed by atoms with van der Waals surface area (Å²) in [6, 6.07) is 35.0. The summed E-state index contributed by atoms with van der Waals surface area (Å²) in [4.78, 5) is 48.6. The van der Waals surface area contributed by atoms with Crippen LogP contribution in [0.15, 0.2) is 121 Å². The molecule has 0 aromatic heterocycles. The molecular weight excluding hydrogens is 956 g/mol. The van der Waals surface area contributed by atoms with E-state index in [4.69, 9.17) is 32.5 Å². The lowest BCUT2D eigenvalue weighted by atomic mass is 10.1. The van der Waals surface area contributed by atoms with Gasteiger partial charge in [-0.3, -0.25) is 0 Å². The van der Waals surface area contributed by atoms with E-state index in [1.807, 2.05) is 71.0 Å². The number of rotatable bonds is 30. The zero-order valence-electron chi connectivity index (χ0n) is 45.0. The number of esters is 4. The summed E-state index contributed by atoms with van der Waals surface area (Å²) in [6.45, 7) is 15.9. The first kappa shape index (κ1) is 61.9. The van der Waals surface area contributed by atoms with Gasteiger partial charge >= 0.3 is 31.7 Å². The first-order valence-corrected chi connectivity index (χ1v) is 28.0. The lowest BCUT2D eigenvalue weighted by molar-refractivity contribution is 0.0450. The van der Waals surface area contributed by atoms with E-state index < -0.39 is 31.7 Å². The number of carbonyl (C=O) groups is 4. The molecule has 0 saturated heterocycles. The highest BCUT2D eigenvalue weighted by Gasteiger charge is 2.33. The number of phosphoric ester groups is 1. The van der Waals surface area contributed by atoms with Crippen LogP contribution in [-0.4, -0.2) is 50.3 Å². The molecule has 12 nitrogen and oxygen atoms in total. The Morgan fingerprint density at radius 2 is 0.554 bits per heavy atom. The molecule has 74 heavy (non-hydrogen) atoms. The van der Waals surface area contributed by atoms with Crippen LogP contribution in [0.3, 0.4) is 0 Å². The van der Waals surface area contributed by atoms with E-state index in [9.17, 15) is 23.7 Å². The molecule has 0 aliphatic carbocycles. The van der Waals surface area contributed by atoms with Gasteiger partial charge in [0.2, 0.25) is 0 Å². The Balaban J connectivity index is 0.000000297. The number of benzene rings is 5. The van der Waals surface area contributed by atoms with Crippen molar-refractivity contribution in [1.29, 1.82) is 0 Å². The normalized spacial score (nSPS) is 10.6. The van der Waals surface area contributed by atoms with E-state index in [-0.39, 0.29) is 11.1 Å². The number of carbonyl (C=O) groups excluding carboxylic acids is 4. The van der Waals surface area contributed by atoms with Gasteiger partial charge in [-0.25, -0.2) is 19.2 Å². The average Bonchev–Trinajstić information content (AvgIpc) is 3.40. The van der Waals surface area contributed by atoms with Gasteiger partial charge in [-0.15, -0.1) is 0 Å². The number of aryl methyl sites for hydroxylation is 3. The highest BCUT2D eigenvalue weighted by molar-refractivity contribution is 7.49. The predicted molar refractivity (Wildman–Crippen MR) is 294 cm³/mol. The minimum Gasteiger partial charge on any atom is -0.462 e. The highest BCUT2D eigenvalue weighted by Crippen LogP contribution is 2.49. The lowest BCUT2D eigenvalue weighted by Gasteiger charge is -2.19. The van der Waals surface area contributed by atoms with E-state index in [1.54, 1.807) is 84.9 Å². The fourth-order valence-electron chi connectivity index (χ4n) is 6.94. The maximum atomic E-state index is 13.3. The molecule has 0 atom stereocenters. The summed E-state index contributed by atoms with van der Waals surface area (Å²) < 4.78 is 51.2. The molecular formula is C61H81O12P. The molecule has 0 radical (unpaired) electrons. The average molecular weight is 1040 g/mol. The highest BCUT2D eigenvalue weighted by atomic mass is 31.2. The molecule has 13 heteroatoms. The monoisotopic (exact) mass is 1040 g/mol. The SMILES string of the molecule is CCCCCCCCOC(=O)c1ccccc1C(=O)OCCCCCCCC.CCCCOC(=O)c1ccccc1C(=O)OCCCC.Cc1ccc(OP(=O)(Oc2ccc(C)cc2)Oc2ccc(C)cc2)cc1. The predicted octanol–water partition coefficient (Wildman–Crippen LogP) is 16.6. The third-order valence-corrected chi connectivity index (χ3v) is 12.7. The van der Waals surface area contributed by atoms with Crippen LogP contribution in [0.2, 0.25) is 0 Å². The second-order valence-electron chi connectivity index (χ2n) is 18.0. The van der Waals surface area contributed by atoms with Crippen molar-refractivity contribution in [2.75, 3.05) is 26.4 Å². The van der Waals surface area contributed by atoms with E-state index in [0.29, 0.717) is 54.8 Å². The standard InChI is InChI=1S/C24H38O4.C21H21O4P.C16H22O4/c1-3-5-7-9-11-15-19-27-23(25)21-17-13-14-18-22(21)24(26)28-20-16-12-10-8-6-4-2;1-16-4-10-19(11-5-16)23-26(22,24-20-12-6-17(2)7-13-20)25-21-14-8-18(3)9-15-21;1-3-5-11-19-15(17)13-9-7-8-10-14(13)16(18)20-12-6-4-2/h13-14,17-18H,3-12,15-16,19-20H2,1-2H3;4-15H,1-3H3;7-10H,3-6,11-12H2,1-2H3. The molecule has 0 saturated carbocycles. The van der Waals surface area contributed by atoms with Crippen molar-refractivity contribution < 1.29 is 56.3 Å². The van der Waals surface area contributed by atoms with Crippen molar-refractivity contribution in [3.63, 3.8) is 0 Å². The summed E-state index contributed by atoms with van der Waals surface area (Å²) in [7, 11) is -3.93. The molecule has 0 amide bonds. The fraction of sp³-hybridized carbons (Fsp3) is 0.443. The van der Waals surface area contributed by atoms with Crippen molar-refractivity contribution in [3.8, 4) is 17.2 Å². The maximum Gasteiger partial charge on any atom is 0.647 e. The zero-order valence-corrected chi connectivity index (χ0v) is 45.9. The molecule has 5 rings (SSSR count). The van der Waals surface area contributed by atoms with Crippen LogP contribution >= 0.6 is 7.82 Å². The molecule has 0 aliphatic heterocycles. The Morgan fingerprint density at radius 1 is 0.324 bits per heavy atom. The maximum absolute atomic E-state index is 13.3. The van der Waals surface area contributed by atoms with Crippen LogP contribution < -0.4 is 13.6 Å². The number of unbranched alkanes of at least 4 members (excludes halogenated alkanes) is 12. The summed E-state index contributed by atoms with van der Waals surface area (Å²) in [6.07, 6.45) is 17.2. The number of ether oxygens (including phenoxy) is 4. The Bertz CT molecular complexity index is 2200. The van der Waals surface area contributed by atoms with Gasteiger partial charge < -0.3 is 32.5 Å². The van der Waals surface area contributed by atoms with E-state index in [2.05, 4.69) is 13.8 Å². The molecule has 0 fully saturated rings. The van der Waals surface area contributed by atoms with Gasteiger partial charge in [0.25, 0.3) is 0 Å². The zero-order chi connectivity index (χ0) is 53.8. The topological polar surface area (TPSA) is 150 Å². The smallest absolute Gasteiger partial charge is 0.462 e. The fourth-order valence-corrected chi connectivity index (χ4v) is 8.19. The summed E-state index contributed by atoms with van der Waals surface area (Å²) in [5.74, 6) is -0.584. The van der Waals surface area contributed by atoms with E-state index in [1.165, 1.54) is 51.4 Å². The van der Waals surface area contributed by atoms with Crippen molar-refractivity contribution in [2.24, 2.45) is 0 Å². The van der Waals surface area contributed by atoms with E-state index >= 15 is 0 Å². The first-order chi connectivity index (χ1) is 35.8. The van der Waals surface area contributed by atoms with Crippen LogP contribution in [0, 0.1) is 20.8 Å². The molecule has 5 aromatic rings. The summed E-state index contributed by atoms with van der Waals surface area (Å²) in [5, 5.41) is 0. The van der Waals surface area contributed by atoms with Crippen LogP contribution in [0.25, 0.3) is 0 Å². The Labute approximate surface area is 441 Å². The molecule has 0 bridgehead atoms. The Morgan fingerprint density at radius 3 is 0.811 bits per heavy atom. The van der Waals surface area contributed by atoms with E-state index in [0.717, 1.165) is 68.1 Å². The Hall–Kier alpha value is -6.39. The first-order valence-electron chi connectivity index (χ1n) is 26.6. The van der Waals surface area contributed by atoms with Crippen molar-refractivity contribution in [1.82, 2.24) is 0 Å². The van der Waals surface area contributed by atoms with Gasteiger partial charge in [-0.1, -0.05) is 182 Å². The third kappa shape index (κ3) is 25.0. The summed E-state index contributed by atoms with van der Waals surface area (Å²) in [5.41, 5.74) is 4.35. The van der Waals surface area contributed by atoms with Crippen molar-refractivity contribution in [3.05, 3.63) is 160 Å². The molecule has 0 unspecified atom stereocenters. The van der Waals surface area contributed by atoms with Crippen LogP contribution in [0.4, 0.5) is 0 Å². The van der Waals surface area contributed by atoms with Crippen LogP contribution in [0.5, 0.6) is 17.2 Å². The largest absolute Gasteiger partial charge is 0.647 e. The minimum absolute atomic E-state index is 0.269. The summed E-state index contributed by atoms with van der Waals surface area (Å²) >= 11 is 0. The molecule has 0 heterocycles. The minimum atomic E-state index is -3.93. The Kier molecular flexibility index (Phi) is 30.6. The molecule has 0 spiro atoms. The number of hydrogen-bond donors (Lipinski definition) is 0. The molecule has 0 aliphatic rings. The molecule has 5 aromatic carbocycles. The van der Waals surface area contributed by atoms with Crippen LogP contribution in [-0.2, 0) is 23.5 Å². The second kappa shape index (κ2) is 36.5. The van der Waals surface area contributed by atoms with Crippen molar-refractivity contribution >= 4 is 31.7 Å². The molecule has 402 valence electrons. The van der Waals surface area contributed by atoms with Gasteiger partial charge in [0.05, 0.1) is 48.7 Å². The van der Waals surface area contributed by atoms with Crippen LogP contribution in [0.1, 0.15) is 189 Å². The number of hydrogen-bond acceptors (Lipinski definition) is 12. The van der Waals surface area contributed by atoms with Gasteiger partial charge in [-0.2, -0.15) is 4.57 Å².